The summed E-state index contributed by atoms with van der Waals surface area (Å²) >= 11 is 0. The maximum absolute atomic E-state index is 4.31. The lowest BCUT2D eigenvalue weighted by Crippen LogP contribution is -2.40. The molecule has 3 heterocycles. The van der Waals surface area contributed by atoms with E-state index in [-0.39, 0.29) is 24.0 Å². The molecule has 0 unspecified atom stereocenters. The van der Waals surface area contributed by atoms with E-state index in [2.05, 4.69) is 40.9 Å². The monoisotopic (exact) mass is 515 g/mol. The van der Waals surface area contributed by atoms with Gasteiger partial charge in [0, 0.05) is 33.7 Å². The Bertz CT molecular complexity index is 753. The number of aliphatic imine (C=N–C) groups is 1. The SMILES string of the molecule is CN=C(NCCCN1CCCCCC1)NCCNc1ncnc2c1cnn2C.I. The fourth-order valence-electron chi connectivity index (χ4n) is 3.55. The van der Waals surface area contributed by atoms with Crippen LogP contribution in [0.1, 0.15) is 32.1 Å². The number of aryl methyl sites for hydroxylation is 1. The lowest BCUT2D eigenvalue weighted by molar-refractivity contribution is 0.282. The molecule has 2 aromatic rings. The van der Waals surface area contributed by atoms with Gasteiger partial charge < -0.3 is 20.9 Å². The molecule has 0 saturated carbocycles. The van der Waals surface area contributed by atoms with Crippen LogP contribution in [0.5, 0.6) is 0 Å². The van der Waals surface area contributed by atoms with E-state index in [9.17, 15) is 0 Å². The summed E-state index contributed by atoms with van der Waals surface area (Å²) < 4.78 is 1.75. The van der Waals surface area contributed by atoms with Gasteiger partial charge >= 0.3 is 0 Å². The Hall–Kier alpha value is -1.69. The molecule has 1 saturated heterocycles. The normalized spacial score (nSPS) is 15.6. The molecule has 162 valence electrons. The zero-order valence-corrected chi connectivity index (χ0v) is 19.9. The number of fused-ring (bicyclic) bond motifs is 1. The van der Waals surface area contributed by atoms with Crippen LogP contribution in [0, 0.1) is 0 Å². The smallest absolute Gasteiger partial charge is 0.191 e. The summed E-state index contributed by atoms with van der Waals surface area (Å²) in [7, 11) is 3.68. The number of aromatic nitrogens is 4. The number of likely N-dealkylation sites (tertiary alicyclic amines) is 1. The minimum Gasteiger partial charge on any atom is -0.368 e. The van der Waals surface area contributed by atoms with Gasteiger partial charge in [-0.1, -0.05) is 12.8 Å². The highest BCUT2D eigenvalue weighted by atomic mass is 127. The molecule has 0 bridgehead atoms. The number of anilines is 1. The molecule has 2 aromatic heterocycles. The van der Waals surface area contributed by atoms with Gasteiger partial charge in [-0.25, -0.2) is 9.97 Å². The Morgan fingerprint density at radius 2 is 1.83 bits per heavy atom. The van der Waals surface area contributed by atoms with Gasteiger partial charge in [-0.15, -0.1) is 24.0 Å². The Labute approximate surface area is 190 Å². The lowest BCUT2D eigenvalue weighted by Gasteiger charge is -2.20. The van der Waals surface area contributed by atoms with Crippen LogP contribution in [-0.4, -0.2) is 76.9 Å². The van der Waals surface area contributed by atoms with Crippen LogP contribution in [-0.2, 0) is 7.05 Å². The van der Waals surface area contributed by atoms with E-state index in [4.69, 9.17) is 0 Å². The van der Waals surface area contributed by atoms with Crippen LogP contribution in [0.2, 0.25) is 0 Å². The fourth-order valence-corrected chi connectivity index (χ4v) is 3.55. The minimum atomic E-state index is 0. The third kappa shape index (κ3) is 7.25. The maximum atomic E-state index is 4.31. The molecular formula is C19H34IN9. The molecule has 0 atom stereocenters. The van der Waals surface area contributed by atoms with Gasteiger partial charge in [0.05, 0.1) is 11.6 Å². The third-order valence-electron chi connectivity index (χ3n) is 5.11. The fraction of sp³-hybridized carbons (Fsp3) is 0.684. The predicted molar refractivity (Wildman–Crippen MR) is 129 cm³/mol. The van der Waals surface area contributed by atoms with Gasteiger partial charge in [-0.05, 0) is 38.9 Å². The second-order valence-electron chi connectivity index (χ2n) is 7.19. The number of guanidine groups is 1. The van der Waals surface area contributed by atoms with Crippen molar-refractivity contribution in [3.05, 3.63) is 12.5 Å². The van der Waals surface area contributed by atoms with Crippen molar-refractivity contribution in [1.29, 1.82) is 0 Å². The lowest BCUT2D eigenvalue weighted by atomic mass is 10.2. The summed E-state index contributed by atoms with van der Waals surface area (Å²) in [6.45, 7) is 6.09. The maximum Gasteiger partial charge on any atom is 0.191 e. The van der Waals surface area contributed by atoms with Crippen molar-refractivity contribution in [2.24, 2.45) is 12.0 Å². The molecule has 1 aliphatic rings. The highest BCUT2D eigenvalue weighted by molar-refractivity contribution is 14.0. The summed E-state index contributed by atoms with van der Waals surface area (Å²) in [6.07, 6.45) is 9.96. The molecule has 1 fully saturated rings. The number of hydrogen-bond acceptors (Lipinski definition) is 6. The van der Waals surface area contributed by atoms with Gasteiger partial charge in [0.25, 0.3) is 0 Å². The Balaban J connectivity index is 0.00000300. The van der Waals surface area contributed by atoms with Crippen molar-refractivity contribution in [2.45, 2.75) is 32.1 Å². The number of nitrogens with one attached hydrogen (secondary N) is 3. The summed E-state index contributed by atoms with van der Waals surface area (Å²) in [4.78, 5) is 15.5. The Morgan fingerprint density at radius 3 is 2.59 bits per heavy atom. The Morgan fingerprint density at radius 1 is 1.07 bits per heavy atom. The van der Waals surface area contributed by atoms with Crippen LogP contribution >= 0.6 is 24.0 Å². The quantitative estimate of drug-likeness (QED) is 0.214. The van der Waals surface area contributed by atoms with Crippen molar-refractivity contribution in [3.8, 4) is 0 Å². The largest absolute Gasteiger partial charge is 0.368 e. The molecule has 0 aliphatic carbocycles. The topological polar surface area (TPSA) is 95.3 Å². The molecule has 3 rings (SSSR count). The van der Waals surface area contributed by atoms with Crippen LogP contribution in [0.4, 0.5) is 5.82 Å². The van der Waals surface area contributed by atoms with Gasteiger partial charge in [0.15, 0.2) is 11.6 Å². The van der Waals surface area contributed by atoms with E-state index >= 15 is 0 Å². The molecule has 3 N–H and O–H groups in total. The van der Waals surface area contributed by atoms with Crippen molar-refractivity contribution < 1.29 is 0 Å². The first-order valence-electron chi connectivity index (χ1n) is 10.3. The molecular weight excluding hydrogens is 481 g/mol. The molecule has 9 nitrogen and oxygen atoms in total. The minimum absolute atomic E-state index is 0. The molecule has 0 spiro atoms. The van der Waals surface area contributed by atoms with Gasteiger partial charge in [-0.2, -0.15) is 5.10 Å². The molecule has 0 radical (unpaired) electrons. The highest BCUT2D eigenvalue weighted by Gasteiger charge is 2.09. The number of rotatable bonds is 8. The first-order valence-corrected chi connectivity index (χ1v) is 10.3. The first kappa shape index (κ1) is 23.6. The predicted octanol–water partition coefficient (Wildman–Crippen LogP) is 1.82. The average Bonchev–Trinajstić information content (AvgIpc) is 2.92. The Kier molecular flexibility index (Phi) is 10.4. The van der Waals surface area contributed by atoms with Crippen LogP contribution in [0.15, 0.2) is 17.5 Å². The molecule has 0 amide bonds. The summed E-state index contributed by atoms with van der Waals surface area (Å²) in [5.74, 6) is 1.65. The van der Waals surface area contributed by atoms with Gasteiger partial charge in [0.1, 0.15) is 12.1 Å². The highest BCUT2D eigenvalue weighted by Crippen LogP contribution is 2.17. The zero-order chi connectivity index (χ0) is 19.6. The van der Waals surface area contributed by atoms with E-state index in [0.717, 1.165) is 48.9 Å². The first-order chi connectivity index (χ1) is 13.8. The number of nitrogens with zero attached hydrogens (tertiary/aromatic N) is 6. The van der Waals surface area contributed by atoms with Crippen LogP contribution in [0.25, 0.3) is 11.0 Å². The van der Waals surface area contributed by atoms with E-state index in [0.29, 0.717) is 0 Å². The summed E-state index contributed by atoms with van der Waals surface area (Å²) in [5.41, 5.74) is 0.826. The molecule has 10 heteroatoms. The van der Waals surface area contributed by atoms with Gasteiger partial charge in [-0.3, -0.25) is 9.67 Å². The van der Waals surface area contributed by atoms with Crippen molar-refractivity contribution in [2.75, 3.05) is 51.6 Å². The number of hydrogen-bond donors (Lipinski definition) is 3. The van der Waals surface area contributed by atoms with Crippen LogP contribution < -0.4 is 16.0 Å². The zero-order valence-electron chi connectivity index (χ0n) is 17.5. The van der Waals surface area contributed by atoms with Crippen molar-refractivity contribution in [1.82, 2.24) is 35.3 Å². The molecule has 1 aliphatic heterocycles. The average molecular weight is 515 g/mol. The van der Waals surface area contributed by atoms with Gasteiger partial charge in [0.2, 0.25) is 0 Å². The van der Waals surface area contributed by atoms with E-state index in [1.54, 1.807) is 24.3 Å². The standard InChI is InChI=1S/C19H33N9.HI/c1-20-19(22-8-7-13-28-11-5-3-4-6-12-28)23-10-9-21-17-16-14-26-27(2)18(16)25-15-24-17;/h14-15H,3-13H2,1-2H3,(H2,20,22,23)(H,21,24,25);1H. The second-order valence-corrected chi connectivity index (χ2v) is 7.19. The van der Waals surface area contributed by atoms with Crippen molar-refractivity contribution >= 4 is 46.8 Å². The van der Waals surface area contributed by atoms with Crippen molar-refractivity contribution in [3.63, 3.8) is 0 Å². The van der Waals surface area contributed by atoms with Crippen LogP contribution in [0.3, 0.4) is 0 Å². The summed E-state index contributed by atoms with van der Waals surface area (Å²) in [5, 5.41) is 15.2. The number of halogens is 1. The third-order valence-corrected chi connectivity index (χ3v) is 5.11. The van der Waals surface area contributed by atoms with E-state index in [1.165, 1.54) is 45.3 Å². The van der Waals surface area contributed by atoms with E-state index in [1.807, 2.05) is 7.05 Å². The molecule has 29 heavy (non-hydrogen) atoms. The summed E-state index contributed by atoms with van der Waals surface area (Å²) in [6, 6.07) is 0. The second kappa shape index (κ2) is 12.8. The molecule has 0 aromatic carbocycles. The van der Waals surface area contributed by atoms with E-state index < -0.39 is 0 Å².